The van der Waals surface area contributed by atoms with Crippen LogP contribution in [0.1, 0.15) is 16.2 Å². The average molecular weight is 314 g/mol. The first kappa shape index (κ1) is 14.5. The number of esters is 1. The number of hydrogen-bond donors (Lipinski definition) is 2. The van der Waals surface area contributed by atoms with E-state index in [1.807, 2.05) is 0 Å². The molecular formula is C11H12ClN5O2S. The summed E-state index contributed by atoms with van der Waals surface area (Å²) in [6.45, 7) is 1.72. The lowest BCUT2D eigenvalue weighted by molar-refractivity contribution is 0.0600. The Balaban J connectivity index is 2.38. The second-order valence-electron chi connectivity index (χ2n) is 3.87. The van der Waals surface area contributed by atoms with Crippen LogP contribution < -0.4 is 11.6 Å². The largest absolute Gasteiger partial charge is 0.465 e. The molecular weight excluding hydrogens is 302 g/mol. The number of benzene rings is 1. The number of nitrogens with zero attached hydrogens (tertiary/aromatic N) is 3. The lowest BCUT2D eigenvalue weighted by Gasteiger charge is -2.09. The van der Waals surface area contributed by atoms with Gasteiger partial charge in [0.25, 0.3) is 0 Å². The van der Waals surface area contributed by atoms with E-state index in [2.05, 4.69) is 14.9 Å². The van der Waals surface area contributed by atoms with E-state index in [0.717, 1.165) is 0 Å². The van der Waals surface area contributed by atoms with Gasteiger partial charge in [-0.15, -0.1) is 10.2 Å². The van der Waals surface area contributed by atoms with Crippen molar-refractivity contribution in [1.82, 2.24) is 14.9 Å². The van der Waals surface area contributed by atoms with Gasteiger partial charge in [0.05, 0.1) is 22.6 Å². The van der Waals surface area contributed by atoms with Gasteiger partial charge in [-0.25, -0.2) is 9.47 Å². The van der Waals surface area contributed by atoms with Gasteiger partial charge in [-0.05, 0) is 30.8 Å². The fraction of sp³-hybridized carbons (Fsp3) is 0.182. The maximum atomic E-state index is 11.5. The lowest BCUT2D eigenvalue weighted by Crippen LogP contribution is -2.11. The van der Waals surface area contributed by atoms with Gasteiger partial charge in [-0.1, -0.05) is 11.6 Å². The summed E-state index contributed by atoms with van der Waals surface area (Å²) in [5, 5.41) is 8.51. The first-order valence-corrected chi connectivity index (χ1v) is 6.65. The Bertz CT molecular complexity index is 650. The van der Waals surface area contributed by atoms with Gasteiger partial charge in [0, 0.05) is 5.69 Å². The standard InChI is InChI=1S/C11H12ClN5O2S/c1-5-15-16-11(17(5)14)20-9-7(12)3-6(4-8(9)13)10(18)19-2/h3-4H,13-14H2,1-2H3. The van der Waals surface area contributed by atoms with Gasteiger partial charge in [-0.3, -0.25) is 0 Å². The Hall–Kier alpha value is -1.93. The number of hydrogen-bond acceptors (Lipinski definition) is 7. The van der Waals surface area contributed by atoms with Crippen LogP contribution in [-0.4, -0.2) is 28.0 Å². The second-order valence-corrected chi connectivity index (χ2v) is 5.25. The summed E-state index contributed by atoms with van der Waals surface area (Å²) < 4.78 is 5.95. The molecule has 0 unspecified atom stereocenters. The molecule has 7 nitrogen and oxygen atoms in total. The van der Waals surface area contributed by atoms with E-state index in [1.54, 1.807) is 6.92 Å². The first-order valence-electron chi connectivity index (χ1n) is 5.46. The number of aryl methyl sites for hydroxylation is 1. The lowest BCUT2D eigenvalue weighted by atomic mass is 10.2. The van der Waals surface area contributed by atoms with Gasteiger partial charge in [0.2, 0.25) is 5.16 Å². The maximum Gasteiger partial charge on any atom is 0.337 e. The minimum atomic E-state index is -0.506. The maximum absolute atomic E-state index is 11.5. The molecule has 0 fully saturated rings. The van der Waals surface area contributed by atoms with E-state index in [-0.39, 0.29) is 5.56 Å². The van der Waals surface area contributed by atoms with E-state index in [4.69, 9.17) is 23.2 Å². The Morgan fingerprint density at radius 2 is 2.15 bits per heavy atom. The van der Waals surface area contributed by atoms with Gasteiger partial charge in [-0.2, -0.15) is 0 Å². The molecule has 9 heteroatoms. The van der Waals surface area contributed by atoms with Crippen LogP contribution in [0.5, 0.6) is 0 Å². The zero-order valence-electron chi connectivity index (χ0n) is 10.8. The van der Waals surface area contributed by atoms with E-state index in [1.165, 1.54) is 35.7 Å². The number of halogens is 1. The zero-order valence-corrected chi connectivity index (χ0v) is 12.3. The highest BCUT2D eigenvalue weighted by Crippen LogP contribution is 2.37. The third kappa shape index (κ3) is 2.66. The molecule has 2 rings (SSSR count). The number of methoxy groups -OCH3 is 1. The first-order chi connectivity index (χ1) is 9.43. The van der Waals surface area contributed by atoms with Crippen LogP contribution in [-0.2, 0) is 4.74 Å². The second kappa shape index (κ2) is 5.59. The summed E-state index contributed by atoms with van der Waals surface area (Å²) in [5.74, 6) is 5.82. The molecule has 2 aromatic rings. The summed E-state index contributed by atoms with van der Waals surface area (Å²) in [7, 11) is 1.29. The van der Waals surface area contributed by atoms with Crippen molar-refractivity contribution in [2.75, 3.05) is 18.7 Å². The molecule has 0 bridgehead atoms. The normalized spacial score (nSPS) is 10.6. The molecule has 0 saturated heterocycles. The van der Waals surface area contributed by atoms with E-state index < -0.39 is 5.97 Å². The van der Waals surface area contributed by atoms with Crippen LogP contribution in [0, 0.1) is 6.92 Å². The number of nitrogen functional groups attached to an aromatic ring is 2. The molecule has 0 aliphatic heterocycles. The molecule has 0 radical (unpaired) electrons. The molecule has 0 atom stereocenters. The highest BCUT2D eigenvalue weighted by Gasteiger charge is 2.16. The van der Waals surface area contributed by atoms with Crippen molar-refractivity contribution < 1.29 is 9.53 Å². The SMILES string of the molecule is COC(=O)c1cc(N)c(Sc2nnc(C)n2N)c(Cl)c1. The van der Waals surface area contributed by atoms with E-state index in [0.29, 0.717) is 26.6 Å². The Labute approximate surface area is 124 Å². The molecule has 20 heavy (non-hydrogen) atoms. The highest BCUT2D eigenvalue weighted by atomic mass is 35.5. The van der Waals surface area contributed by atoms with Crippen molar-refractivity contribution >= 4 is 35.0 Å². The number of ether oxygens (including phenoxy) is 1. The number of carbonyl (C=O) groups excluding carboxylic acids is 1. The third-order valence-corrected chi connectivity index (χ3v) is 4.05. The summed E-state index contributed by atoms with van der Waals surface area (Å²) in [6, 6.07) is 2.97. The van der Waals surface area contributed by atoms with Gasteiger partial charge in [0.15, 0.2) is 0 Å². The molecule has 0 aliphatic rings. The summed E-state index contributed by atoms with van der Waals surface area (Å²) >= 11 is 7.31. The predicted octanol–water partition coefficient (Wildman–Crippen LogP) is 1.47. The molecule has 0 amide bonds. The molecule has 4 N–H and O–H groups in total. The minimum absolute atomic E-state index is 0.282. The summed E-state index contributed by atoms with van der Waals surface area (Å²) in [4.78, 5) is 12.0. The minimum Gasteiger partial charge on any atom is -0.465 e. The molecule has 1 aromatic carbocycles. The van der Waals surface area contributed by atoms with Crippen LogP contribution >= 0.6 is 23.4 Å². The molecule has 0 aliphatic carbocycles. The highest BCUT2D eigenvalue weighted by molar-refractivity contribution is 7.99. The Kier molecular flexibility index (Phi) is 4.05. The van der Waals surface area contributed by atoms with Crippen molar-refractivity contribution in [3.8, 4) is 0 Å². The number of carbonyl (C=O) groups is 1. The number of rotatable bonds is 3. The molecule has 0 spiro atoms. The number of anilines is 1. The van der Waals surface area contributed by atoms with Gasteiger partial charge < -0.3 is 16.3 Å². The van der Waals surface area contributed by atoms with Gasteiger partial charge >= 0.3 is 5.97 Å². The van der Waals surface area contributed by atoms with Crippen LogP contribution in [0.3, 0.4) is 0 Å². The molecule has 106 valence electrons. The number of nitrogens with two attached hydrogens (primary N) is 2. The topological polar surface area (TPSA) is 109 Å². The zero-order chi connectivity index (χ0) is 14.9. The average Bonchev–Trinajstić information content (AvgIpc) is 2.73. The van der Waals surface area contributed by atoms with Crippen LogP contribution in [0.2, 0.25) is 5.02 Å². The van der Waals surface area contributed by atoms with E-state index in [9.17, 15) is 4.79 Å². The number of aromatic nitrogens is 3. The van der Waals surface area contributed by atoms with Crippen LogP contribution in [0.4, 0.5) is 5.69 Å². The van der Waals surface area contributed by atoms with Gasteiger partial charge in [0.1, 0.15) is 5.82 Å². The van der Waals surface area contributed by atoms with Crippen molar-refractivity contribution in [1.29, 1.82) is 0 Å². The fourth-order valence-electron chi connectivity index (χ4n) is 1.47. The molecule has 1 aromatic heterocycles. The molecule has 1 heterocycles. The quantitative estimate of drug-likeness (QED) is 0.501. The fourth-order valence-corrected chi connectivity index (χ4v) is 2.64. The Morgan fingerprint density at radius 1 is 1.45 bits per heavy atom. The third-order valence-electron chi connectivity index (χ3n) is 2.52. The Morgan fingerprint density at radius 3 is 2.65 bits per heavy atom. The summed E-state index contributed by atoms with van der Waals surface area (Å²) in [6.07, 6.45) is 0. The van der Waals surface area contributed by atoms with Crippen LogP contribution in [0.25, 0.3) is 0 Å². The van der Waals surface area contributed by atoms with Crippen molar-refractivity contribution in [2.24, 2.45) is 0 Å². The summed E-state index contributed by atoms with van der Waals surface area (Å²) in [5.41, 5.74) is 6.53. The smallest absolute Gasteiger partial charge is 0.337 e. The van der Waals surface area contributed by atoms with Crippen molar-refractivity contribution in [2.45, 2.75) is 17.0 Å². The predicted molar refractivity (Wildman–Crippen MR) is 76.2 cm³/mol. The van der Waals surface area contributed by atoms with E-state index >= 15 is 0 Å². The van der Waals surface area contributed by atoms with Crippen LogP contribution in [0.15, 0.2) is 22.2 Å². The van der Waals surface area contributed by atoms with Crippen molar-refractivity contribution in [3.63, 3.8) is 0 Å². The monoisotopic (exact) mass is 313 g/mol. The molecule has 0 saturated carbocycles. The van der Waals surface area contributed by atoms with Crippen molar-refractivity contribution in [3.05, 3.63) is 28.5 Å².